The molecule has 0 heterocycles. The molecule has 0 fully saturated rings. The molecule has 0 radical (unpaired) electrons. The lowest BCUT2D eigenvalue weighted by Gasteiger charge is -2.08. The maximum atomic E-state index is 12.8. The van der Waals surface area contributed by atoms with Crippen LogP contribution in [0, 0.1) is 11.6 Å². The number of rotatable bonds is 0. The summed E-state index contributed by atoms with van der Waals surface area (Å²) in [4.78, 5) is 0. The smallest absolute Gasteiger partial charge is 0.174 e. The minimum atomic E-state index is -1.07. The van der Waals surface area contributed by atoms with Crippen LogP contribution in [-0.2, 0) is 0 Å². The zero-order valence-corrected chi connectivity index (χ0v) is 6.07. The van der Waals surface area contributed by atoms with Crippen LogP contribution in [0.2, 0.25) is 0 Å². The van der Waals surface area contributed by atoms with Crippen LogP contribution in [-0.4, -0.2) is 0 Å². The maximum Gasteiger partial charge on any atom is 0.174 e. The van der Waals surface area contributed by atoms with E-state index in [9.17, 15) is 8.78 Å². The van der Waals surface area contributed by atoms with E-state index < -0.39 is 28.7 Å². The van der Waals surface area contributed by atoms with Gasteiger partial charge in [-0.1, -0.05) is 0 Å². The van der Waals surface area contributed by atoms with Gasteiger partial charge in [-0.15, -0.1) is 0 Å². The van der Waals surface area contributed by atoms with E-state index in [0.29, 0.717) is 0 Å². The molecule has 0 saturated heterocycles. The van der Waals surface area contributed by atoms with Crippen molar-refractivity contribution in [2.45, 2.75) is 0 Å². The van der Waals surface area contributed by atoms with Crippen LogP contribution >= 0.6 is 0 Å². The van der Waals surface area contributed by atoms with Crippen molar-refractivity contribution in [1.82, 2.24) is 0 Å². The molecular weight excluding hydrogens is 166 g/mol. The fourth-order valence-corrected chi connectivity index (χ4v) is 0.768. The Morgan fingerprint density at radius 3 is 1.25 bits per heavy atom. The van der Waals surface area contributed by atoms with Gasteiger partial charge in [-0.05, 0) is 0 Å². The number of hydrogen-bond acceptors (Lipinski definition) is 4. The summed E-state index contributed by atoms with van der Waals surface area (Å²) in [6.45, 7) is 0. The second-order valence-electron chi connectivity index (χ2n) is 2.28. The molecule has 0 aliphatic rings. The molecule has 0 spiro atoms. The largest absolute Gasteiger partial charge is 0.395 e. The standard InChI is InChI=1S/C6H8F2N4/c7-1-3(9)2(8)5(11)6(12)4(1)10/h9-12H2. The normalized spacial score (nSPS) is 10.2. The van der Waals surface area contributed by atoms with Crippen LogP contribution in [0.3, 0.4) is 0 Å². The summed E-state index contributed by atoms with van der Waals surface area (Å²) < 4.78 is 25.6. The topological polar surface area (TPSA) is 104 Å². The molecule has 1 aromatic rings. The Balaban J connectivity index is 3.60. The first-order chi connectivity index (χ1) is 5.46. The lowest BCUT2D eigenvalue weighted by atomic mass is 10.2. The summed E-state index contributed by atoms with van der Waals surface area (Å²) in [6, 6.07) is 0. The van der Waals surface area contributed by atoms with Crippen molar-refractivity contribution in [3.8, 4) is 0 Å². The van der Waals surface area contributed by atoms with Crippen LogP contribution in [0.15, 0.2) is 0 Å². The second kappa shape index (κ2) is 2.40. The maximum absolute atomic E-state index is 12.8. The Labute approximate surface area is 67.1 Å². The highest BCUT2D eigenvalue weighted by Gasteiger charge is 2.17. The van der Waals surface area contributed by atoms with E-state index in [1.165, 1.54) is 0 Å². The quantitative estimate of drug-likeness (QED) is 0.424. The molecule has 0 aliphatic heterocycles. The SMILES string of the molecule is Nc1c(N)c(F)c(N)c(F)c1N. The molecule has 0 atom stereocenters. The monoisotopic (exact) mass is 174 g/mol. The van der Waals surface area contributed by atoms with Gasteiger partial charge < -0.3 is 22.9 Å². The van der Waals surface area contributed by atoms with E-state index in [-0.39, 0.29) is 5.69 Å². The lowest BCUT2D eigenvalue weighted by molar-refractivity contribution is 0.598. The number of hydrogen-bond donors (Lipinski definition) is 4. The minimum Gasteiger partial charge on any atom is -0.395 e. The van der Waals surface area contributed by atoms with Crippen LogP contribution in [0.25, 0.3) is 0 Å². The Morgan fingerprint density at radius 1 is 0.583 bits per heavy atom. The van der Waals surface area contributed by atoms with Crippen LogP contribution in [0.5, 0.6) is 0 Å². The van der Waals surface area contributed by atoms with Gasteiger partial charge in [0.15, 0.2) is 11.6 Å². The lowest BCUT2D eigenvalue weighted by Crippen LogP contribution is -2.09. The van der Waals surface area contributed by atoms with Crippen molar-refractivity contribution in [3.05, 3.63) is 11.6 Å². The van der Waals surface area contributed by atoms with Gasteiger partial charge >= 0.3 is 0 Å². The van der Waals surface area contributed by atoms with Crippen molar-refractivity contribution >= 4 is 22.7 Å². The molecule has 0 bridgehead atoms. The average molecular weight is 174 g/mol. The third-order valence-electron chi connectivity index (χ3n) is 1.53. The fraction of sp³-hybridized carbons (Fsp3) is 0. The second-order valence-corrected chi connectivity index (χ2v) is 2.28. The van der Waals surface area contributed by atoms with Gasteiger partial charge in [0.1, 0.15) is 5.69 Å². The first-order valence-electron chi connectivity index (χ1n) is 3.03. The molecule has 8 N–H and O–H groups in total. The van der Waals surface area contributed by atoms with E-state index in [1.54, 1.807) is 0 Å². The van der Waals surface area contributed by atoms with E-state index in [1.807, 2.05) is 0 Å². The van der Waals surface area contributed by atoms with Crippen LogP contribution in [0.1, 0.15) is 0 Å². The fourth-order valence-electron chi connectivity index (χ4n) is 0.768. The molecule has 0 aliphatic carbocycles. The molecule has 0 amide bonds. The molecule has 0 saturated carbocycles. The van der Waals surface area contributed by atoms with E-state index >= 15 is 0 Å². The summed E-state index contributed by atoms with van der Waals surface area (Å²) in [5, 5.41) is 0. The average Bonchev–Trinajstić information content (AvgIpc) is 2.08. The summed E-state index contributed by atoms with van der Waals surface area (Å²) >= 11 is 0. The molecule has 1 aromatic carbocycles. The zero-order chi connectivity index (χ0) is 9.46. The predicted molar refractivity (Wildman–Crippen MR) is 44.0 cm³/mol. The summed E-state index contributed by atoms with van der Waals surface area (Å²) in [7, 11) is 0. The molecule has 66 valence electrons. The molecule has 12 heavy (non-hydrogen) atoms. The van der Waals surface area contributed by atoms with Gasteiger partial charge in [0.05, 0.1) is 17.1 Å². The highest BCUT2D eigenvalue weighted by molar-refractivity contribution is 5.82. The van der Waals surface area contributed by atoms with Gasteiger partial charge in [-0.3, -0.25) is 0 Å². The van der Waals surface area contributed by atoms with Gasteiger partial charge in [0, 0.05) is 0 Å². The Morgan fingerprint density at radius 2 is 0.917 bits per heavy atom. The Bertz CT molecular complexity index is 232. The van der Waals surface area contributed by atoms with Crippen LogP contribution in [0.4, 0.5) is 31.5 Å². The van der Waals surface area contributed by atoms with E-state index in [2.05, 4.69) is 0 Å². The summed E-state index contributed by atoms with van der Waals surface area (Å²) in [5.74, 6) is -2.14. The van der Waals surface area contributed by atoms with Crippen molar-refractivity contribution < 1.29 is 8.78 Å². The summed E-state index contributed by atoms with van der Waals surface area (Å²) in [6.07, 6.45) is 0. The molecule has 1 rings (SSSR count). The number of nitrogens with two attached hydrogens (primary N) is 4. The number of nitrogen functional groups attached to an aromatic ring is 4. The molecule has 0 unspecified atom stereocenters. The highest BCUT2D eigenvalue weighted by atomic mass is 19.1. The van der Waals surface area contributed by atoms with Gasteiger partial charge in [0.25, 0.3) is 0 Å². The third-order valence-corrected chi connectivity index (χ3v) is 1.53. The van der Waals surface area contributed by atoms with Crippen molar-refractivity contribution in [1.29, 1.82) is 0 Å². The van der Waals surface area contributed by atoms with Crippen molar-refractivity contribution in [2.75, 3.05) is 22.9 Å². The van der Waals surface area contributed by atoms with E-state index in [4.69, 9.17) is 22.9 Å². The van der Waals surface area contributed by atoms with E-state index in [0.717, 1.165) is 0 Å². The molecule has 6 heteroatoms. The number of benzene rings is 1. The predicted octanol–water partition coefficient (Wildman–Crippen LogP) is 0.294. The van der Waals surface area contributed by atoms with Crippen molar-refractivity contribution in [3.63, 3.8) is 0 Å². The minimum absolute atomic E-state index is 0.320. The van der Waals surface area contributed by atoms with Crippen molar-refractivity contribution in [2.24, 2.45) is 0 Å². The van der Waals surface area contributed by atoms with Crippen LogP contribution < -0.4 is 22.9 Å². The number of halogens is 2. The van der Waals surface area contributed by atoms with Gasteiger partial charge in [0.2, 0.25) is 0 Å². The first-order valence-corrected chi connectivity index (χ1v) is 3.03. The third kappa shape index (κ3) is 0.884. The first kappa shape index (κ1) is 8.38. The Hall–Kier alpha value is -1.72. The molecule has 4 nitrogen and oxygen atoms in total. The Kier molecular flexibility index (Phi) is 1.68. The molecular formula is C6H8F2N4. The van der Waals surface area contributed by atoms with Gasteiger partial charge in [-0.2, -0.15) is 0 Å². The molecule has 0 aromatic heterocycles. The van der Waals surface area contributed by atoms with Gasteiger partial charge in [-0.25, -0.2) is 8.78 Å². The highest BCUT2D eigenvalue weighted by Crippen LogP contribution is 2.33. The summed E-state index contributed by atoms with van der Waals surface area (Å²) in [5.41, 5.74) is 18.5. The number of anilines is 4. The zero-order valence-electron chi connectivity index (χ0n) is 6.07.